The van der Waals surface area contributed by atoms with E-state index >= 15 is 0 Å². The summed E-state index contributed by atoms with van der Waals surface area (Å²) in [6.45, 7) is 1.38. The number of nitrogens with one attached hydrogen (secondary N) is 6. The second kappa shape index (κ2) is 16.9. The van der Waals surface area contributed by atoms with Crippen molar-refractivity contribution in [2.75, 3.05) is 13.1 Å². The van der Waals surface area contributed by atoms with Crippen LogP contribution in [0.25, 0.3) is 10.9 Å². The second-order valence-electron chi connectivity index (χ2n) is 11.7. The van der Waals surface area contributed by atoms with Crippen LogP contribution in [0.4, 0.5) is 0 Å². The van der Waals surface area contributed by atoms with Gasteiger partial charge in [-0.05, 0) is 37.0 Å². The molecule has 3 aromatic rings. The zero-order valence-corrected chi connectivity index (χ0v) is 26.7. The molecule has 1 saturated heterocycles. The number of H-pyrrole nitrogens is 1. The molecule has 1 aliphatic rings. The van der Waals surface area contributed by atoms with Crippen LogP contribution in [-0.2, 0) is 36.8 Å². The number of aliphatic imine (C=N–C) groups is 1. The average Bonchev–Trinajstić information content (AvgIpc) is 3.46. The Labute approximate surface area is 277 Å². The van der Waals surface area contributed by atoms with Gasteiger partial charge in [-0.2, -0.15) is 0 Å². The monoisotopic (exact) mass is 661 g/mol. The Hall–Kier alpha value is -5.44. The number of aliphatic hydroxyl groups is 1. The number of aliphatic hydroxyl groups excluding tert-OH is 1. The summed E-state index contributed by atoms with van der Waals surface area (Å²) in [5.41, 5.74) is 13.2. The molecule has 0 bridgehead atoms. The maximum atomic E-state index is 14.0. The number of amides is 5. The Kier molecular flexibility index (Phi) is 12.5. The number of aromatic amines is 1. The molecule has 0 spiro atoms. The van der Waals surface area contributed by atoms with Crippen molar-refractivity contribution in [1.29, 1.82) is 0 Å². The molecule has 2 heterocycles. The van der Waals surface area contributed by atoms with Gasteiger partial charge in [-0.1, -0.05) is 48.5 Å². The first-order chi connectivity index (χ1) is 23.0. The van der Waals surface area contributed by atoms with Gasteiger partial charge in [0.1, 0.15) is 24.2 Å². The Morgan fingerprint density at radius 3 is 2.19 bits per heavy atom. The van der Waals surface area contributed by atoms with Crippen LogP contribution in [-0.4, -0.2) is 88.9 Å². The minimum Gasteiger partial charge on any atom is -0.391 e. The first-order valence-corrected chi connectivity index (χ1v) is 15.8. The van der Waals surface area contributed by atoms with Gasteiger partial charge in [-0.3, -0.25) is 29.0 Å². The van der Waals surface area contributed by atoms with Crippen molar-refractivity contribution in [3.05, 3.63) is 71.9 Å². The molecule has 15 nitrogen and oxygen atoms in total. The van der Waals surface area contributed by atoms with Crippen LogP contribution in [0, 0.1) is 0 Å². The van der Waals surface area contributed by atoms with Crippen molar-refractivity contribution in [3.8, 4) is 0 Å². The number of guanidine groups is 1. The molecule has 11 N–H and O–H groups in total. The Morgan fingerprint density at radius 2 is 1.48 bits per heavy atom. The van der Waals surface area contributed by atoms with Gasteiger partial charge in [-0.15, -0.1) is 0 Å². The zero-order chi connectivity index (χ0) is 34.6. The van der Waals surface area contributed by atoms with E-state index in [-0.39, 0.29) is 51.2 Å². The van der Waals surface area contributed by atoms with Crippen LogP contribution in [0.5, 0.6) is 0 Å². The van der Waals surface area contributed by atoms with E-state index in [1.807, 2.05) is 54.6 Å². The summed E-state index contributed by atoms with van der Waals surface area (Å²) < 4.78 is 0. The zero-order valence-electron chi connectivity index (χ0n) is 26.7. The van der Waals surface area contributed by atoms with Crippen molar-refractivity contribution < 1.29 is 29.1 Å². The molecule has 0 radical (unpaired) electrons. The highest BCUT2D eigenvalue weighted by Gasteiger charge is 2.33. The molecule has 4 rings (SSSR count). The molecule has 0 unspecified atom stereocenters. The number of para-hydroxylation sites is 1. The Bertz CT molecular complexity index is 1620. The molecular weight excluding hydrogens is 618 g/mol. The predicted molar refractivity (Wildman–Crippen MR) is 179 cm³/mol. The van der Waals surface area contributed by atoms with E-state index in [2.05, 4.69) is 36.6 Å². The van der Waals surface area contributed by atoms with Gasteiger partial charge in [0, 0.05) is 49.5 Å². The highest BCUT2D eigenvalue weighted by molar-refractivity contribution is 5.96. The number of fused-ring (bicyclic) bond motifs is 1. The molecule has 1 fully saturated rings. The SMILES string of the molecule is C[C@@H](O)[C@@H]1NC(=O)[C@H](CCCN=C(N)N)NC(=O)[C@@H](Cc2c[nH]c3ccccc23)NC(=O)[C@H](Cc2ccccc2)NC(=O)CCNC1=O. The van der Waals surface area contributed by atoms with Crippen molar-refractivity contribution in [2.24, 2.45) is 16.5 Å². The van der Waals surface area contributed by atoms with Gasteiger partial charge in [0.05, 0.1) is 6.10 Å². The quantitative estimate of drug-likeness (QED) is 0.0768. The molecule has 1 aromatic heterocycles. The van der Waals surface area contributed by atoms with E-state index in [4.69, 9.17) is 11.5 Å². The number of hydrogen-bond donors (Lipinski definition) is 9. The van der Waals surface area contributed by atoms with Gasteiger partial charge in [0.15, 0.2) is 5.96 Å². The molecule has 5 amide bonds. The molecule has 256 valence electrons. The topological polar surface area (TPSA) is 246 Å². The number of nitrogens with two attached hydrogens (primary N) is 2. The minimum absolute atomic E-state index is 0.0502. The number of benzene rings is 2. The summed E-state index contributed by atoms with van der Waals surface area (Å²) in [6.07, 6.45) is 0.800. The highest BCUT2D eigenvalue weighted by Crippen LogP contribution is 2.19. The molecular formula is C33H43N9O6. The third-order valence-corrected chi connectivity index (χ3v) is 7.96. The fraction of sp³-hybridized carbons (Fsp3) is 0.394. The summed E-state index contributed by atoms with van der Waals surface area (Å²) in [4.78, 5) is 74.5. The predicted octanol–water partition coefficient (Wildman–Crippen LogP) is -1.15. The maximum Gasteiger partial charge on any atom is 0.245 e. The van der Waals surface area contributed by atoms with Gasteiger partial charge >= 0.3 is 0 Å². The normalized spacial score (nSPS) is 22.1. The standard InChI is InChI=1S/C33H43N9O6/c1-19(43)28-32(48)36-15-13-27(44)39-25(16-20-8-3-2-4-9-20)30(46)41-26(17-21-18-38-23-11-6-5-10-22(21)23)31(47)40-24(29(45)42-28)12-7-14-37-33(34)35/h2-6,8-11,18-19,24-26,28,38,43H,7,12-17H2,1H3,(H,36,48)(H,39,44)(H,40,47)(H,41,46)(H,42,45)(H4,34,35,37)/t19-,24+,25+,26-,28+/m1/s1. The van der Waals surface area contributed by atoms with Crippen LogP contribution in [0.3, 0.4) is 0 Å². The molecule has 15 heteroatoms. The third-order valence-electron chi connectivity index (χ3n) is 7.96. The van der Waals surface area contributed by atoms with Crippen LogP contribution in [0.15, 0.2) is 65.8 Å². The number of nitrogens with zero attached hydrogens (tertiary/aromatic N) is 1. The summed E-state index contributed by atoms with van der Waals surface area (Å²) in [6, 6.07) is 11.8. The second-order valence-corrected chi connectivity index (χ2v) is 11.7. The first-order valence-electron chi connectivity index (χ1n) is 15.8. The lowest BCUT2D eigenvalue weighted by Gasteiger charge is -2.28. The molecule has 48 heavy (non-hydrogen) atoms. The smallest absolute Gasteiger partial charge is 0.245 e. The summed E-state index contributed by atoms with van der Waals surface area (Å²) in [7, 11) is 0. The molecule has 2 aromatic carbocycles. The maximum absolute atomic E-state index is 14.0. The van der Waals surface area contributed by atoms with Crippen molar-refractivity contribution in [1.82, 2.24) is 31.6 Å². The van der Waals surface area contributed by atoms with Crippen LogP contribution >= 0.6 is 0 Å². The molecule has 5 atom stereocenters. The molecule has 0 saturated carbocycles. The van der Waals surface area contributed by atoms with Crippen LogP contribution < -0.4 is 38.1 Å². The van der Waals surface area contributed by atoms with E-state index in [0.717, 1.165) is 22.0 Å². The van der Waals surface area contributed by atoms with Gasteiger partial charge < -0.3 is 48.1 Å². The number of hydrogen-bond acceptors (Lipinski definition) is 7. The average molecular weight is 662 g/mol. The lowest BCUT2D eigenvalue weighted by molar-refractivity contribution is -0.136. The van der Waals surface area contributed by atoms with Crippen LogP contribution in [0.1, 0.15) is 37.3 Å². The number of carbonyl (C=O) groups is 5. The summed E-state index contributed by atoms with van der Waals surface area (Å²) >= 11 is 0. The summed E-state index contributed by atoms with van der Waals surface area (Å²) in [5.74, 6) is -3.39. The third kappa shape index (κ3) is 10.0. The molecule has 0 aliphatic carbocycles. The van der Waals surface area contributed by atoms with E-state index in [1.165, 1.54) is 6.92 Å². The largest absolute Gasteiger partial charge is 0.391 e. The van der Waals surface area contributed by atoms with Crippen molar-refractivity contribution in [3.63, 3.8) is 0 Å². The number of aromatic nitrogens is 1. The van der Waals surface area contributed by atoms with E-state index in [1.54, 1.807) is 6.20 Å². The number of carbonyl (C=O) groups excluding carboxylic acids is 5. The van der Waals surface area contributed by atoms with E-state index < -0.39 is 59.8 Å². The van der Waals surface area contributed by atoms with E-state index in [9.17, 15) is 29.1 Å². The minimum atomic E-state index is -1.38. The van der Waals surface area contributed by atoms with Crippen LogP contribution in [0.2, 0.25) is 0 Å². The number of rotatable bonds is 9. The fourth-order valence-electron chi connectivity index (χ4n) is 5.44. The lowest BCUT2D eigenvalue weighted by atomic mass is 10.0. The van der Waals surface area contributed by atoms with E-state index in [0.29, 0.717) is 0 Å². The van der Waals surface area contributed by atoms with Crippen molar-refractivity contribution >= 4 is 46.4 Å². The Balaban J connectivity index is 1.70. The lowest BCUT2D eigenvalue weighted by Crippen LogP contribution is -2.60. The highest BCUT2D eigenvalue weighted by atomic mass is 16.3. The Morgan fingerprint density at radius 1 is 0.833 bits per heavy atom. The first kappa shape index (κ1) is 35.4. The molecule has 1 aliphatic heterocycles. The fourth-order valence-corrected chi connectivity index (χ4v) is 5.44. The van der Waals surface area contributed by atoms with Gasteiger partial charge in [-0.25, -0.2) is 0 Å². The van der Waals surface area contributed by atoms with Gasteiger partial charge in [0.25, 0.3) is 0 Å². The van der Waals surface area contributed by atoms with Gasteiger partial charge in [0.2, 0.25) is 29.5 Å². The summed E-state index contributed by atoms with van der Waals surface area (Å²) in [5, 5.41) is 24.5. The van der Waals surface area contributed by atoms with Crippen molar-refractivity contribution in [2.45, 2.75) is 69.3 Å².